The average Bonchev–Trinajstić information content (AvgIpc) is 2.98. The van der Waals surface area contributed by atoms with Gasteiger partial charge in [-0.25, -0.2) is 8.78 Å². The molecule has 8 nitrogen and oxygen atoms in total. The number of aliphatic hydroxyl groups is 1. The highest BCUT2D eigenvalue weighted by atomic mass is 127. The Kier molecular flexibility index (Phi) is 9.35. The van der Waals surface area contributed by atoms with Gasteiger partial charge >= 0.3 is 0 Å². The molecular formula is C32H35F2IN4O4. The number of carbonyl (C=O) groups excluding carboxylic acids is 2. The van der Waals surface area contributed by atoms with E-state index >= 15 is 0 Å². The van der Waals surface area contributed by atoms with E-state index in [0.717, 1.165) is 43.8 Å². The number of piperazine rings is 3. The molecule has 228 valence electrons. The molecule has 0 unspecified atom stereocenters. The smallest absolute Gasteiger partial charge is 0.279 e. The first kappa shape index (κ1) is 31.3. The second-order valence-electron chi connectivity index (χ2n) is 11.7. The van der Waals surface area contributed by atoms with Crippen LogP contribution in [0, 0.1) is 17.6 Å². The molecule has 0 spiro atoms. The summed E-state index contributed by atoms with van der Waals surface area (Å²) in [6, 6.07) is 15.5. The summed E-state index contributed by atoms with van der Waals surface area (Å²) in [5.74, 6) is -1.75. The van der Waals surface area contributed by atoms with Crippen LogP contribution < -0.4 is 34.2 Å². The minimum Gasteiger partial charge on any atom is -1.00 e. The number of benzene rings is 3. The van der Waals surface area contributed by atoms with Crippen molar-refractivity contribution in [2.24, 2.45) is 5.92 Å². The number of rotatable bonds is 9. The third-order valence-electron chi connectivity index (χ3n) is 9.11. The Labute approximate surface area is 266 Å². The first-order valence-corrected chi connectivity index (χ1v) is 14.4. The van der Waals surface area contributed by atoms with Gasteiger partial charge in [0.15, 0.2) is 6.54 Å². The number of anilines is 2. The minimum atomic E-state index is -0.889. The molecule has 4 fully saturated rings. The number of β-lactam (4-membered cyclic amide) rings is 1. The number of halogens is 3. The molecule has 3 aromatic rings. The molecule has 4 saturated heterocycles. The Bertz CT molecular complexity index is 1450. The van der Waals surface area contributed by atoms with Crippen LogP contribution >= 0.6 is 0 Å². The van der Waals surface area contributed by atoms with E-state index in [1.807, 2.05) is 0 Å². The normalized spacial score (nSPS) is 25.0. The maximum atomic E-state index is 13.6. The maximum absolute atomic E-state index is 13.6. The first-order chi connectivity index (χ1) is 20.2. The van der Waals surface area contributed by atoms with Crippen molar-refractivity contribution < 1.29 is 57.0 Å². The second kappa shape index (κ2) is 12.8. The van der Waals surface area contributed by atoms with E-state index in [9.17, 15) is 28.6 Å². The lowest BCUT2D eigenvalue weighted by Gasteiger charge is -2.50. The number of amides is 2. The lowest BCUT2D eigenvalue weighted by atomic mass is 9.78. The molecule has 0 radical (unpaired) electrons. The molecule has 4 heterocycles. The van der Waals surface area contributed by atoms with Crippen LogP contribution in [0.25, 0.3) is 0 Å². The molecule has 7 rings (SSSR count). The van der Waals surface area contributed by atoms with Crippen molar-refractivity contribution in [2.45, 2.75) is 25.0 Å². The number of fused-ring (bicyclic) bond motifs is 3. The largest absolute Gasteiger partial charge is 1.00 e. The van der Waals surface area contributed by atoms with E-state index in [2.05, 4.69) is 10.2 Å². The van der Waals surface area contributed by atoms with Crippen molar-refractivity contribution >= 4 is 23.2 Å². The van der Waals surface area contributed by atoms with Gasteiger partial charge in [0.2, 0.25) is 5.91 Å². The number of nitrogens with zero attached hydrogens (tertiary/aromatic N) is 3. The maximum Gasteiger partial charge on any atom is 0.279 e. The molecule has 2 amide bonds. The summed E-state index contributed by atoms with van der Waals surface area (Å²) < 4.78 is 27.7. The van der Waals surface area contributed by atoms with Gasteiger partial charge in [-0.3, -0.25) is 14.5 Å². The number of nitrogens with one attached hydrogen (secondary N) is 1. The summed E-state index contributed by atoms with van der Waals surface area (Å²) in [7, 11) is 0. The minimum absolute atomic E-state index is 0. The first-order valence-electron chi connectivity index (χ1n) is 14.4. The Morgan fingerprint density at radius 2 is 1.56 bits per heavy atom. The fraction of sp³-hybridized carbons (Fsp3) is 0.375. The van der Waals surface area contributed by atoms with Gasteiger partial charge in [0.25, 0.3) is 5.91 Å². The van der Waals surface area contributed by atoms with Crippen LogP contribution in [0.1, 0.15) is 36.1 Å². The molecule has 0 saturated carbocycles. The van der Waals surface area contributed by atoms with Gasteiger partial charge in [-0.1, -0.05) is 18.2 Å². The van der Waals surface area contributed by atoms with Crippen molar-refractivity contribution in [2.75, 3.05) is 56.0 Å². The Morgan fingerprint density at radius 1 is 0.953 bits per heavy atom. The predicted molar refractivity (Wildman–Crippen MR) is 154 cm³/mol. The van der Waals surface area contributed by atoms with Gasteiger partial charge in [-0.2, -0.15) is 0 Å². The van der Waals surface area contributed by atoms with Gasteiger partial charge in [0.05, 0.1) is 37.7 Å². The van der Waals surface area contributed by atoms with Crippen molar-refractivity contribution in [3.05, 3.63) is 89.5 Å². The molecular weight excluding hydrogens is 669 g/mol. The number of hydrogen-bond acceptors (Lipinski definition) is 5. The van der Waals surface area contributed by atoms with Gasteiger partial charge in [0.1, 0.15) is 17.4 Å². The SMILES string of the molecule is O=C(C[N+]12CCN(CC1)CC2)Nc1ccc([C@@H]2[C@@H](CC[C@H](O)c3ccc(F)cc3)C(=O)N2c2ccc(F)cc2)c(O)c1.[I-]. The van der Waals surface area contributed by atoms with Gasteiger partial charge in [-0.05, 0) is 60.9 Å². The molecule has 3 aromatic carbocycles. The van der Waals surface area contributed by atoms with E-state index < -0.39 is 29.7 Å². The number of quaternary nitrogens is 1. The number of hydrogen-bond donors (Lipinski definition) is 3. The number of phenols is 1. The van der Waals surface area contributed by atoms with E-state index in [1.165, 1.54) is 59.5 Å². The van der Waals surface area contributed by atoms with E-state index in [-0.39, 0.29) is 48.0 Å². The molecule has 0 aromatic heterocycles. The Morgan fingerprint density at radius 3 is 2.16 bits per heavy atom. The molecule has 4 aliphatic heterocycles. The fourth-order valence-electron chi connectivity index (χ4n) is 6.61. The summed E-state index contributed by atoms with van der Waals surface area (Å²) in [5, 5.41) is 24.7. The van der Waals surface area contributed by atoms with Crippen LogP contribution in [-0.2, 0) is 9.59 Å². The predicted octanol–water partition coefficient (Wildman–Crippen LogP) is 0.977. The molecule has 3 atom stereocenters. The number of aliphatic hydroxyl groups excluding tert-OH is 1. The van der Waals surface area contributed by atoms with Crippen LogP contribution in [0.5, 0.6) is 5.75 Å². The highest BCUT2D eigenvalue weighted by molar-refractivity contribution is 6.03. The monoisotopic (exact) mass is 704 g/mol. The zero-order chi connectivity index (χ0) is 29.4. The lowest BCUT2D eigenvalue weighted by molar-refractivity contribution is -0.933. The van der Waals surface area contributed by atoms with Crippen molar-refractivity contribution in [1.29, 1.82) is 0 Å². The molecule has 11 heteroatoms. The van der Waals surface area contributed by atoms with Crippen molar-refractivity contribution in [1.82, 2.24) is 4.90 Å². The summed E-state index contributed by atoms with van der Waals surface area (Å²) in [4.78, 5) is 30.3. The Balaban J connectivity index is 0.00000368. The third kappa shape index (κ3) is 6.54. The summed E-state index contributed by atoms with van der Waals surface area (Å²) >= 11 is 0. The van der Waals surface area contributed by atoms with E-state index in [0.29, 0.717) is 35.5 Å². The molecule has 4 aliphatic rings. The van der Waals surface area contributed by atoms with Crippen LogP contribution in [0.15, 0.2) is 66.7 Å². The van der Waals surface area contributed by atoms with E-state index in [4.69, 9.17) is 0 Å². The van der Waals surface area contributed by atoms with E-state index in [1.54, 1.807) is 12.1 Å². The highest BCUT2D eigenvalue weighted by Gasteiger charge is 2.49. The van der Waals surface area contributed by atoms with Crippen LogP contribution in [0.4, 0.5) is 20.2 Å². The van der Waals surface area contributed by atoms with Crippen LogP contribution in [0.3, 0.4) is 0 Å². The third-order valence-corrected chi connectivity index (χ3v) is 9.11. The number of aromatic hydroxyl groups is 1. The number of phenolic OH excluding ortho intramolecular Hbond substituents is 1. The molecule has 2 bridgehead atoms. The molecule has 0 aliphatic carbocycles. The zero-order valence-electron chi connectivity index (χ0n) is 23.6. The van der Waals surface area contributed by atoms with Crippen molar-refractivity contribution in [3.8, 4) is 5.75 Å². The number of carbonyl (C=O) groups is 2. The standard InChI is InChI=1S/C32H34F2N4O4.HI/c33-22-3-1-21(2-4-22)28(39)12-11-27-31(37(32(27)42)25-8-5-23(34)6-9-25)26-10-7-24(19-29(26)40)35-30(41)20-38-16-13-36(14-17-38)15-18-38;/h1-10,19,27-28,31,39H,11-18,20H2,(H-,35,40,41);1H/t27-,28+,31-;/m1./s1. The highest BCUT2D eigenvalue weighted by Crippen LogP contribution is 2.49. The lowest BCUT2D eigenvalue weighted by Crippen LogP contribution is -3.00. The summed E-state index contributed by atoms with van der Waals surface area (Å²) in [6.07, 6.45) is -0.322. The average molecular weight is 705 g/mol. The van der Waals surface area contributed by atoms with Gasteiger partial charge in [-0.15, -0.1) is 0 Å². The van der Waals surface area contributed by atoms with Gasteiger partial charge < -0.3 is 48.9 Å². The van der Waals surface area contributed by atoms with Crippen molar-refractivity contribution in [3.63, 3.8) is 0 Å². The van der Waals surface area contributed by atoms with Gasteiger partial charge in [0, 0.05) is 42.6 Å². The fourth-order valence-corrected chi connectivity index (χ4v) is 6.61. The summed E-state index contributed by atoms with van der Waals surface area (Å²) in [6.45, 7) is 6.31. The quantitative estimate of drug-likeness (QED) is 0.176. The second-order valence-corrected chi connectivity index (χ2v) is 11.7. The summed E-state index contributed by atoms with van der Waals surface area (Å²) in [5.41, 5.74) is 2.01. The van der Waals surface area contributed by atoms with Crippen LogP contribution in [0.2, 0.25) is 0 Å². The Hall–Kier alpha value is -3.13. The topological polar surface area (TPSA) is 93.1 Å². The zero-order valence-corrected chi connectivity index (χ0v) is 25.8. The molecule has 3 N–H and O–H groups in total. The van der Waals surface area contributed by atoms with Crippen LogP contribution in [-0.4, -0.2) is 77.2 Å². The molecule has 43 heavy (non-hydrogen) atoms.